The summed E-state index contributed by atoms with van der Waals surface area (Å²) in [7, 11) is 0. The van der Waals surface area contributed by atoms with Crippen LogP contribution in [0.15, 0.2) is 0 Å². The lowest BCUT2D eigenvalue weighted by Crippen LogP contribution is -2.03. The highest BCUT2D eigenvalue weighted by Crippen LogP contribution is 1.35. The van der Waals surface area contributed by atoms with Gasteiger partial charge in [-0.05, 0) is 0 Å². The molecule has 0 aliphatic heterocycles. The summed E-state index contributed by atoms with van der Waals surface area (Å²) in [4.78, 5) is 26.3. The second kappa shape index (κ2) is 16.7. The fraction of sp³-hybridized carbons (Fsp3) is 0. The minimum absolute atomic E-state index is 0. The number of carboxylic acid groups (broad SMARTS) is 3. The van der Waals surface area contributed by atoms with Crippen LogP contribution in [-0.4, -0.2) is 33.6 Å². The number of hydrogen-bond acceptors (Lipinski definition) is 3. The van der Waals surface area contributed by atoms with Crippen molar-refractivity contribution in [3.63, 3.8) is 0 Å². The van der Waals surface area contributed by atoms with E-state index in [0.717, 1.165) is 0 Å². The Morgan fingerprint density at radius 2 is 0.692 bits per heavy atom. The van der Waals surface area contributed by atoms with Crippen molar-refractivity contribution in [3.8, 4) is 0 Å². The minimum atomic E-state index is -1.33. The van der Waals surface area contributed by atoms with Gasteiger partial charge in [0.25, 0.3) is 0 Å². The van der Waals surface area contributed by atoms with E-state index >= 15 is 0 Å². The summed E-state index contributed by atoms with van der Waals surface area (Å²) >= 11 is 0. The van der Waals surface area contributed by atoms with Gasteiger partial charge in [0.15, 0.2) is 0 Å². The Kier molecular flexibility index (Phi) is 28.8. The zero-order valence-electron chi connectivity index (χ0n) is 6.51. The van der Waals surface area contributed by atoms with Crippen LogP contribution in [0.2, 0.25) is 0 Å². The van der Waals surface area contributed by atoms with E-state index in [-0.39, 0.29) is 9.90 Å². The van der Waals surface area contributed by atoms with Gasteiger partial charge in [0.1, 0.15) is 0 Å². The topological polar surface area (TPSA) is 190 Å². The Morgan fingerprint density at radius 1 is 0.692 bits per heavy atom. The van der Waals surface area contributed by atoms with Crippen molar-refractivity contribution in [3.05, 3.63) is 0 Å². The molecule has 0 aromatic rings. The molecule has 80 valence electrons. The van der Waals surface area contributed by atoms with Gasteiger partial charge < -0.3 is 32.5 Å². The van der Waals surface area contributed by atoms with Gasteiger partial charge in [-0.2, -0.15) is 9.90 Å². The Bertz CT molecular complexity index is 121. The van der Waals surface area contributed by atoms with Crippen LogP contribution in [0.25, 0.3) is 0 Å². The highest BCUT2D eigenvalue weighted by molar-refractivity contribution is 6.92. The summed E-state index contributed by atoms with van der Waals surface area (Å²) in [6, 6.07) is 0. The summed E-state index contributed by atoms with van der Waals surface area (Å²) in [6.07, 6.45) is -4.00. The van der Waals surface area contributed by atoms with Crippen LogP contribution in [0.4, 0.5) is 14.4 Å². The summed E-state index contributed by atoms with van der Waals surface area (Å²) < 4.78 is 0. The number of hydrogen-bond donors (Lipinski definition) is 6. The molecule has 0 rings (SSSR count). The van der Waals surface area contributed by atoms with E-state index in [1.54, 1.807) is 0 Å². The molecule has 1 unspecified atom stereocenters. The lowest BCUT2D eigenvalue weighted by molar-refractivity contribution is 0.204. The summed E-state index contributed by atoms with van der Waals surface area (Å²) in [5, 5.41) is 21.6. The van der Waals surface area contributed by atoms with Crippen molar-refractivity contribution < 1.29 is 29.7 Å². The number of amides is 3. The lowest BCUT2D eigenvalue weighted by atomic mass is 11.3. The molecule has 0 bridgehead atoms. The van der Waals surface area contributed by atoms with Crippen LogP contribution in [0.3, 0.4) is 0 Å². The molecule has 0 aliphatic rings. The Hall–Kier alpha value is -1.76. The molecule has 0 spiro atoms. The van der Waals surface area contributed by atoms with E-state index in [9.17, 15) is 0 Å². The largest absolute Gasteiger partial charge is 0.465 e. The molecule has 0 fully saturated rings. The first-order chi connectivity index (χ1) is 5.20. The summed E-state index contributed by atoms with van der Waals surface area (Å²) in [6.45, 7) is 0. The fourth-order valence-electron chi connectivity index (χ4n) is 0. The minimum Gasteiger partial charge on any atom is -0.465 e. The van der Waals surface area contributed by atoms with Crippen LogP contribution in [-0.2, 0) is 0 Å². The normalized spacial score (nSPS) is 5.54. The molecule has 0 aromatic carbocycles. The molecular weight excluding hydrogens is 205 g/mol. The van der Waals surface area contributed by atoms with Crippen LogP contribution in [0.1, 0.15) is 0 Å². The highest BCUT2D eigenvalue weighted by atomic mass is 31.0. The van der Waals surface area contributed by atoms with E-state index in [1.165, 1.54) is 0 Å². The van der Waals surface area contributed by atoms with Crippen molar-refractivity contribution in [2.24, 2.45) is 17.2 Å². The van der Waals surface area contributed by atoms with Gasteiger partial charge in [0.05, 0.1) is 0 Å². The molecule has 3 amide bonds. The van der Waals surface area contributed by atoms with E-state index in [2.05, 4.69) is 17.2 Å². The van der Waals surface area contributed by atoms with Gasteiger partial charge in [0.2, 0.25) is 0 Å². The van der Waals surface area contributed by atoms with E-state index < -0.39 is 18.3 Å². The fourth-order valence-corrected chi connectivity index (χ4v) is 0. The molecule has 9 N–H and O–H groups in total. The molecule has 0 aliphatic carbocycles. The molecule has 10 heteroatoms. The third-order valence-electron chi connectivity index (χ3n) is 0. The van der Waals surface area contributed by atoms with Crippen molar-refractivity contribution in [1.82, 2.24) is 0 Å². The Labute approximate surface area is 76.1 Å². The highest BCUT2D eigenvalue weighted by Gasteiger charge is 1.65. The van der Waals surface area contributed by atoms with Crippen molar-refractivity contribution in [1.29, 1.82) is 0 Å². The molecule has 1 atom stereocenters. The molecule has 13 heavy (non-hydrogen) atoms. The van der Waals surface area contributed by atoms with Crippen molar-refractivity contribution in [2.45, 2.75) is 0 Å². The lowest BCUT2D eigenvalue weighted by Gasteiger charge is -1.61. The average Bonchev–Trinajstić information content (AvgIpc) is 1.54. The predicted molar refractivity (Wildman–Crippen MR) is 47.7 cm³/mol. The second-order valence-electron chi connectivity index (χ2n) is 1.01. The van der Waals surface area contributed by atoms with E-state index in [4.69, 9.17) is 29.7 Å². The Balaban J connectivity index is -0.0000000450. The first-order valence-corrected chi connectivity index (χ1v) is 2.15. The SMILES string of the molecule is NC(=O)O.NC(=O)O.NC(=O)O.P. The van der Waals surface area contributed by atoms with Gasteiger partial charge >= 0.3 is 18.3 Å². The predicted octanol–water partition coefficient (Wildman–Crippen LogP) is -1.07. The van der Waals surface area contributed by atoms with Crippen LogP contribution in [0, 0.1) is 0 Å². The average molecular weight is 217 g/mol. The van der Waals surface area contributed by atoms with Gasteiger partial charge in [0, 0.05) is 0 Å². The molecule has 9 nitrogen and oxygen atoms in total. The standard InChI is InChI=1S/3CH3NO2.H3P/c3*2-1(3)4;/h3*2H2,(H,3,4);1H3. The first-order valence-electron chi connectivity index (χ1n) is 2.15. The number of carbonyl (C=O) groups is 3. The van der Waals surface area contributed by atoms with Crippen LogP contribution < -0.4 is 17.2 Å². The molecule has 0 saturated carbocycles. The van der Waals surface area contributed by atoms with Gasteiger partial charge in [-0.15, -0.1) is 0 Å². The number of primary amides is 3. The number of nitrogens with two attached hydrogens (primary N) is 3. The molecule has 0 saturated heterocycles. The first kappa shape index (κ1) is 22.5. The van der Waals surface area contributed by atoms with Crippen molar-refractivity contribution in [2.75, 3.05) is 0 Å². The third-order valence-corrected chi connectivity index (χ3v) is 0. The maximum atomic E-state index is 8.78. The van der Waals surface area contributed by atoms with Crippen LogP contribution >= 0.6 is 9.90 Å². The van der Waals surface area contributed by atoms with Crippen LogP contribution in [0.5, 0.6) is 0 Å². The zero-order chi connectivity index (χ0) is 10.7. The van der Waals surface area contributed by atoms with Gasteiger partial charge in [-0.1, -0.05) is 0 Å². The van der Waals surface area contributed by atoms with Gasteiger partial charge in [-0.3, -0.25) is 0 Å². The third kappa shape index (κ3) is 224. The monoisotopic (exact) mass is 217 g/mol. The smallest absolute Gasteiger partial charge is 0.402 e. The number of rotatable bonds is 0. The second-order valence-corrected chi connectivity index (χ2v) is 1.01. The maximum Gasteiger partial charge on any atom is 0.402 e. The maximum absolute atomic E-state index is 8.78. The Morgan fingerprint density at radius 3 is 0.692 bits per heavy atom. The summed E-state index contributed by atoms with van der Waals surface area (Å²) in [5.74, 6) is 0. The van der Waals surface area contributed by atoms with Gasteiger partial charge in [-0.25, -0.2) is 14.4 Å². The zero-order valence-corrected chi connectivity index (χ0v) is 7.92. The van der Waals surface area contributed by atoms with E-state index in [1.807, 2.05) is 0 Å². The van der Waals surface area contributed by atoms with E-state index in [0.29, 0.717) is 0 Å². The van der Waals surface area contributed by atoms with Crippen molar-refractivity contribution >= 4 is 28.2 Å². The summed E-state index contributed by atoms with van der Waals surface area (Å²) in [5.41, 5.74) is 12.1. The molecular formula is C3H12N3O6P. The quantitative estimate of drug-likeness (QED) is 0.279. The molecule has 0 aromatic heterocycles. The molecule has 0 heterocycles. The molecule has 0 radical (unpaired) electrons.